The quantitative estimate of drug-likeness (QED) is 0.518. The molecule has 3 amide bonds. The van der Waals surface area contributed by atoms with E-state index in [2.05, 4.69) is 24.5 Å². The van der Waals surface area contributed by atoms with Gasteiger partial charge in [0, 0.05) is 17.5 Å². The minimum atomic E-state index is -0.682. The summed E-state index contributed by atoms with van der Waals surface area (Å²) >= 11 is 1.65. The van der Waals surface area contributed by atoms with Gasteiger partial charge in [-0.3, -0.25) is 14.4 Å². The number of aliphatic hydroxyl groups excluding tert-OH is 1. The number of hydrogen-bond acceptors (Lipinski definition) is 5. The number of unbranched alkanes of at least 4 members (excludes halogenated alkanes) is 1. The molecular formula is C24H33N3O4S. The maximum Gasteiger partial charge on any atom is 0.244 e. The highest BCUT2D eigenvalue weighted by atomic mass is 32.2. The lowest BCUT2D eigenvalue weighted by Gasteiger charge is -2.39. The minimum Gasteiger partial charge on any atom is -0.394 e. The smallest absolute Gasteiger partial charge is 0.244 e. The largest absolute Gasteiger partial charge is 0.394 e. The molecule has 0 aliphatic carbocycles. The monoisotopic (exact) mass is 459 g/mol. The van der Waals surface area contributed by atoms with E-state index in [1.165, 1.54) is 0 Å². The van der Waals surface area contributed by atoms with Gasteiger partial charge in [0.2, 0.25) is 17.7 Å². The molecule has 3 heterocycles. The number of para-hydroxylation sites is 1. The lowest BCUT2D eigenvalue weighted by Crippen LogP contribution is -2.58. The van der Waals surface area contributed by atoms with Gasteiger partial charge in [-0.05, 0) is 37.8 Å². The molecular weight excluding hydrogens is 426 g/mol. The van der Waals surface area contributed by atoms with E-state index in [1.54, 1.807) is 23.6 Å². The predicted octanol–water partition coefficient (Wildman–Crippen LogP) is 2.26. The molecule has 2 bridgehead atoms. The van der Waals surface area contributed by atoms with Gasteiger partial charge in [-0.1, -0.05) is 38.5 Å². The van der Waals surface area contributed by atoms with Gasteiger partial charge in [-0.25, -0.2) is 0 Å². The molecule has 8 heteroatoms. The highest BCUT2D eigenvalue weighted by molar-refractivity contribution is 8.02. The van der Waals surface area contributed by atoms with Crippen LogP contribution in [0, 0.1) is 17.8 Å². The van der Waals surface area contributed by atoms with Crippen molar-refractivity contribution in [2.45, 2.75) is 62.1 Å². The maximum absolute atomic E-state index is 13.8. The lowest BCUT2D eigenvalue weighted by molar-refractivity contribution is -0.141. The summed E-state index contributed by atoms with van der Waals surface area (Å²) in [6, 6.07) is 8.09. The van der Waals surface area contributed by atoms with Gasteiger partial charge in [0.25, 0.3) is 0 Å². The summed E-state index contributed by atoms with van der Waals surface area (Å²) in [5.74, 6) is -1.46. The SMILES string of the molecule is CCCCNC(=O)C1N([C@H](C)CO)C(=O)[C@@H]2[C@@H](C(=O)Nc3ccccc3)[C@H]3CC(C)C12S3. The molecule has 1 aromatic rings. The molecule has 4 rings (SSSR count). The second kappa shape index (κ2) is 9.06. The summed E-state index contributed by atoms with van der Waals surface area (Å²) in [5.41, 5.74) is 0.701. The number of hydrogen-bond donors (Lipinski definition) is 3. The number of nitrogens with zero attached hydrogens (tertiary/aromatic N) is 1. The number of fused-ring (bicyclic) bond motifs is 1. The molecule has 1 aromatic carbocycles. The van der Waals surface area contributed by atoms with Gasteiger partial charge in [-0.2, -0.15) is 0 Å². The van der Waals surface area contributed by atoms with Crippen molar-refractivity contribution in [3.8, 4) is 0 Å². The third kappa shape index (κ3) is 3.52. The zero-order valence-electron chi connectivity index (χ0n) is 18.9. The topological polar surface area (TPSA) is 98.7 Å². The van der Waals surface area contributed by atoms with E-state index in [0.29, 0.717) is 12.2 Å². The molecule has 0 saturated carbocycles. The van der Waals surface area contributed by atoms with Crippen molar-refractivity contribution >= 4 is 35.2 Å². The number of carbonyl (C=O) groups excluding carboxylic acids is 3. The lowest BCUT2D eigenvalue weighted by atomic mass is 9.66. The third-order valence-corrected chi connectivity index (χ3v) is 9.42. The summed E-state index contributed by atoms with van der Waals surface area (Å²) in [7, 11) is 0. The second-order valence-corrected chi connectivity index (χ2v) is 10.9. The van der Waals surface area contributed by atoms with Crippen molar-refractivity contribution in [1.82, 2.24) is 10.2 Å². The van der Waals surface area contributed by atoms with Gasteiger partial charge < -0.3 is 20.6 Å². The van der Waals surface area contributed by atoms with E-state index in [0.717, 1.165) is 19.3 Å². The zero-order valence-corrected chi connectivity index (χ0v) is 19.7. The van der Waals surface area contributed by atoms with Gasteiger partial charge in [0.15, 0.2) is 0 Å². The number of carbonyl (C=O) groups is 3. The fraction of sp³-hybridized carbons (Fsp3) is 0.625. The first-order valence-electron chi connectivity index (χ1n) is 11.6. The number of rotatable bonds is 8. The van der Waals surface area contributed by atoms with Crippen LogP contribution in [0.4, 0.5) is 5.69 Å². The van der Waals surface area contributed by atoms with Crippen LogP contribution in [0.3, 0.4) is 0 Å². The number of amides is 3. The number of nitrogens with one attached hydrogen (secondary N) is 2. The zero-order chi connectivity index (χ0) is 23.0. The Morgan fingerprint density at radius 1 is 1.28 bits per heavy atom. The van der Waals surface area contributed by atoms with Gasteiger partial charge in [0.1, 0.15) is 6.04 Å². The van der Waals surface area contributed by atoms with Crippen molar-refractivity contribution in [2.24, 2.45) is 17.8 Å². The molecule has 1 spiro atoms. The highest BCUT2D eigenvalue weighted by Crippen LogP contribution is 2.68. The fourth-order valence-electron chi connectivity index (χ4n) is 5.85. The van der Waals surface area contributed by atoms with Crippen LogP contribution in [0.1, 0.15) is 40.0 Å². The van der Waals surface area contributed by atoms with Crippen LogP contribution in [0.5, 0.6) is 0 Å². The summed E-state index contributed by atoms with van der Waals surface area (Å²) in [6.07, 6.45) is 2.62. The Labute approximate surface area is 193 Å². The number of likely N-dealkylation sites (tertiary alicyclic amines) is 1. The Bertz CT molecular complexity index is 881. The molecule has 3 saturated heterocycles. The van der Waals surface area contributed by atoms with Crippen molar-refractivity contribution < 1.29 is 19.5 Å². The first kappa shape index (κ1) is 23.1. The van der Waals surface area contributed by atoms with Crippen molar-refractivity contribution in [2.75, 3.05) is 18.5 Å². The summed E-state index contributed by atoms with van der Waals surface area (Å²) in [4.78, 5) is 42.2. The van der Waals surface area contributed by atoms with Crippen LogP contribution in [0.2, 0.25) is 0 Å². The summed E-state index contributed by atoms with van der Waals surface area (Å²) < 4.78 is -0.653. The Morgan fingerprint density at radius 3 is 2.66 bits per heavy atom. The van der Waals surface area contributed by atoms with Crippen LogP contribution in [0.15, 0.2) is 30.3 Å². The highest BCUT2D eigenvalue weighted by Gasteiger charge is 2.76. The van der Waals surface area contributed by atoms with Crippen LogP contribution in [-0.4, -0.2) is 63.0 Å². The van der Waals surface area contributed by atoms with E-state index >= 15 is 0 Å². The number of benzene rings is 1. The molecule has 3 aliphatic heterocycles. The maximum atomic E-state index is 13.8. The molecule has 3 N–H and O–H groups in total. The fourth-order valence-corrected chi connectivity index (χ4v) is 8.26. The van der Waals surface area contributed by atoms with Crippen molar-refractivity contribution in [1.29, 1.82) is 0 Å². The molecule has 32 heavy (non-hydrogen) atoms. The van der Waals surface area contributed by atoms with Crippen LogP contribution in [-0.2, 0) is 14.4 Å². The minimum absolute atomic E-state index is 0.000173. The van der Waals surface area contributed by atoms with E-state index in [1.807, 2.05) is 30.3 Å². The third-order valence-electron chi connectivity index (χ3n) is 7.34. The van der Waals surface area contributed by atoms with Crippen LogP contribution >= 0.6 is 11.8 Å². The Kier molecular flexibility index (Phi) is 6.54. The number of thioether (sulfide) groups is 1. The van der Waals surface area contributed by atoms with Gasteiger partial charge in [-0.15, -0.1) is 11.8 Å². The average molecular weight is 460 g/mol. The molecule has 3 fully saturated rings. The second-order valence-electron chi connectivity index (χ2n) is 9.33. The molecule has 174 valence electrons. The summed E-state index contributed by atoms with van der Waals surface area (Å²) in [6.45, 7) is 6.26. The number of aliphatic hydroxyl groups is 1. The molecule has 3 aliphatic rings. The Morgan fingerprint density at radius 2 is 2.00 bits per heavy atom. The van der Waals surface area contributed by atoms with Crippen molar-refractivity contribution in [3.05, 3.63) is 30.3 Å². The standard InChI is InChI=1S/C24H33N3O4S/c1-4-5-11-25-22(30)20-24-14(2)12-17(32-24)18(19(24)23(31)27(20)15(3)13-28)21(29)26-16-9-7-6-8-10-16/h6-10,14-15,17-20,28H,4-5,11-13H2,1-3H3,(H,25,30)(H,26,29)/t14?,15-,17-,18+,19+,20?,24?/m1/s1. The van der Waals surface area contributed by atoms with E-state index in [-0.39, 0.29) is 35.5 Å². The van der Waals surface area contributed by atoms with Gasteiger partial charge >= 0.3 is 0 Å². The van der Waals surface area contributed by atoms with Crippen LogP contribution in [0.25, 0.3) is 0 Å². The normalized spacial score (nSPS) is 33.8. The molecule has 0 aromatic heterocycles. The molecule has 7 atom stereocenters. The van der Waals surface area contributed by atoms with Crippen molar-refractivity contribution in [3.63, 3.8) is 0 Å². The molecule has 3 unspecified atom stereocenters. The van der Waals surface area contributed by atoms with E-state index in [4.69, 9.17) is 0 Å². The summed E-state index contributed by atoms with van der Waals surface area (Å²) in [5, 5.41) is 15.9. The molecule has 0 radical (unpaired) electrons. The van der Waals surface area contributed by atoms with E-state index < -0.39 is 28.7 Å². The first-order chi connectivity index (χ1) is 15.4. The van der Waals surface area contributed by atoms with Gasteiger partial charge in [0.05, 0.1) is 29.2 Å². The Balaban J connectivity index is 1.68. The van der Waals surface area contributed by atoms with Crippen LogP contribution < -0.4 is 10.6 Å². The average Bonchev–Trinajstić information content (AvgIpc) is 3.37. The molecule has 7 nitrogen and oxygen atoms in total. The predicted molar refractivity (Wildman–Crippen MR) is 125 cm³/mol. The first-order valence-corrected chi connectivity index (χ1v) is 12.5. The number of anilines is 1. The Hall–Kier alpha value is -2.06. The van der Waals surface area contributed by atoms with E-state index in [9.17, 15) is 19.5 Å².